The highest BCUT2D eigenvalue weighted by Gasteiger charge is 2.08. The second-order valence-electron chi connectivity index (χ2n) is 4.04. The Kier molecular flexibility index (Phi) is 5.61. The highest BCUT2D eigenvalue weighted by molar-refractivity contribution is 14.1. The van der Waals surface area contributed by atoms with Gasteiger partial charge in [-0.1, -0.05) is 6.92 Å². The molecule has 0 spiro atoms. The number of nitrogen functional groups attached to an aromatic ring is 1. The van der Waals surface area contributed by atoms with Crippen LogP contribution in [0.1, 0.15) is 18.3 Å². The number of nitrogens with one attached hydrogen (secondary N) is 1. The number of hydrogen-bond acceptors (Lipinski definition) is 6. The summed E-state index contributed by atoms with van der Waals surface area (Å²) in [5.41, 5.74) is 3.65. The van der Waals surface area contributed by atoms with Gasteiger partial charge in [0.15, 0.2) is 5.82 Å². The normalized spacial score (nSPS) is 11.0. The fourth-order valence-corrected chi connectivity index (χ4v) is 3.80. The molecule has 0 unspecified atom stereocenters. The fourth-order valence-electron chi connectivity index (χ4n) is 1.69. The predicted molar refractivity (Wildman–Crippen MR) is 99.2 cm³/mol. The SMILES string of the molecule is CCc1nnc(N/N=C/c2cc(I)cc(I)c2OC)n1N. The maximum atomic E-state index is 5.83. The van der Waals surface area contributed by atoms with Crippen LogP contribution in [0.25, 0.3) is 0 Å². The van der Waals surface area contributed by atoms with Gasteiger partial charge in [-0.2, -0.15) is 5.10 Å². The topological polar surface area (TPSA) is 90.4 Å². The van der Waals surface area contributed by atoms with Crippen LogP contribution in [0.5, 0.6) is 5.75 Å². The molecular formula is C12H14I2N6O. The van der Waals surface area contributed by atoms with Crippen molar-refractivity contribution in [1.29, 1.82) is 0 Å². The molecule has 0 aliphatic carbocycles. The van der Waals surface area contributed by atoms with Crippen molar-refractivity contribution in [1.82, 2.24) is 14.9 Å². The molecule has 1 aromatic heterocycles. The number of aryl methyl sites for hydroxylation is 1. The zero-order valence-electron chi connectivity index (χ0n) is 11.5. The Morgan fingerprint density at radius 2 is 2.19 bits per heavy atom. The van der Waals surface area contributed by atoms with Crippen molar-refractivity contribution < 1.29 is 4.74 Å². The van der Waals surface area contributed by atoms with Gasteiger partial charge < -0.3 is 10.6 Å². The number of ether oxygens (including phenoxy) is 1. The summed E-state index contributed by atoms with van der Waals surface area (Å²) in [7, 11) is 1.64. The molecule has 1 heterocycles. The van der Waals surface area contributed by atoms with Gasteiger partial charge in [0.2, 0.25) is 0 Å². The maximum Gasteiger partial charge on any atom is 0.263 e. The average Bonchev–Trinajstić information content (AvgIpc) is 2.79. The number of rotatable bonds is 5. The number of hydrazone groups is 1. The molecule has 0 atom stereocenters. The van der Waals surface area contributed by atoms with Crippen molar-refractivity contribution in [3.63, 3.8) is 0 Å². The van der Waals surface area contributed by atoms with Crippen LogP contribution in [0.3, 0.4) is 0 Å². The van der Waals surface area contributed by atoms with Crippen LogP contribution in [-0.4, -0.2) is 28.2 Å². The molecule has 0 bridgehead atoms. The van der Waals surface area contributed by atoms with Crippen molar-refractivity contribution in [3.8, 4) is 5.75 Å². The minimum absolute atomic E-state index is 0.391. The summed E-state index contributed by atoms with van der Waals surface area (Å²) in [5.74, 6) is 7.69. The average molecular weight is 512 g/mol. The molecule has 112 valence electrons. The van der Waals surface area contributed by atoms with Crippen LogP contribution < -0.4 is 16.0 Å². The van der Waals surface area contributed by atoms with Crippen LogP contribution in [0.4, 0.5) is 5.95 Å². The van der Waals surface area contributed by atoms with Gasteiger partial charge in [0, 0.05) is 15.6 Å². The van der Waals surface area contributed by atoms with Gasteiger partial charge in [0.05, 0.1) is 16.9 Å². The van der Waals surface area contributed by atoms with E-state index in [-0.39, 0.29) is 0 Å². The Bertz CT molecular complexity index is 670. The highest BCUT2D eigenvalue weighted by atomic mass is 127. The van der Waals surface area contributed by atoms with Gasteiger partial charge in [0.25, 0.3) is 5.95 Å². The quantitative estimate of drug-likeness (QED) is 0.278. The van der Waals surface area contributed by atoms with E-state index in [1.54, 1.807) is 13.3 Å². The minimum atomic E-state index is 0.391. The molecule has 3 N–H and O–H groups in total. The molecule has 0 radical (unpaired) electrons. The van der Waals surface area contributed by atoms with E-state index in [4.69, 9.17) is 10.6 Å². The van der Waals surface area contributed by atoms with Crippen molar-refractivity contribution in [2.24, 2.45) is 5.10 Å². The van der Waals surface area contributed by atoms with E-state index >= 15 is 0 Å². The monoisotopic (exact) mass is 512 g/mol. The lowest BCUT2D eigenvalue weighted by molar-refractivity contribution is 0.411. The predicted octanol–water partition coefficient (Wildman–Crippen LogP) is 2.22. The minimum Gasteiger partial charge on any atom is -0.495 e. The molecule has 1 aromatic carbocycles. The van der Waals surface area contributed by atoms with Crippen LogP contribution >= 0.6 is 45.2 Å². The van der Waals surface area contributed by atoms with E-state index in [1.807, 2.05) is 19.1 Å². The van der Waals surface area contributed by atoms with Crippen molar-refractivity contribution in [2.45, 2.75) is 13.3 Å². The lowest BCUT2D eigenvalue weighted by Gasteiger charge is -2.08. The molecule has 0 saturated carbocycles. The van der Waals surface area contributed by atoms with Gasteiger partial charge >= 0.3 is 0 Å². The van der Waals surface area contributed by atoms with Crippen LogP contribution in [-0.2, 0) is 6.42 Å². The molecule has 9 heteroatoms. The Labute approximate surface area is 149 Å². The van der Waals surface area contributed by atoms with E-state index in [9.17, 15) is 0 Å². The van der Waals surface area contributed by atoms with E-state index in [0.29, 0.717) is 18.2 Å². The summed E-state index contributed by atoms with van der Waals surface area (Å²) in [6.45, 7) is 1.96. The Morgan fingerprint density at radius 3 is 2.81 bits per heavy atom. The largest absolute Gasteiger partial charge is 0.495 e. The smallest absolute Gasteiger partial charge is 0.263 e. The molecule has 0 aliphatic heterocycles. The lowest BCUT2D eigenvalue weighted by atomic mass is 10.2. The Balaban J connectivity index is 2.20. The number of methoxy groups -OCH3 is 1. The van der Waals surface area contributed by atoms with Gasteiger partial charge in [-0.25, -0.2) is 10.1 Å². The molecule has 21 heavy (non-hydrogen) atoms. The summed E-state index contributed by atoms with van der Waals surface area (Å²) in [5, 5.41) is 12.0. The van der Waals surface area contributed by atoms with E-state index in [0.717, 1.165) is 18.5 Å². The number of nitrogens with zero attached hydrogens (tertiary/aromatic N) is 4. The van der Waals surface area contributed by atoms with Gasteiger partial charge in [0.1, 0.15) is 5.75 Å². The van der Waals surface area contributed by atoms with Gasteiger partial charge in [-0.05, 0) is 57.3 Å². The molecule has 0 aliphatic rings. The third-order valence-electron chi connectivity index (χ3n) is 2.69. The van der Waals surface area contributed by atoms with Gasteiger partial charge in [-0.3, -0.25) is 0 Å². The summed E-state index contributed by atoms with van der Waals surface area (Å²) in [4.78, 5) is 0. The van der Waals surface area contributed by atoms with E-state index in [2.05, 4.69) is 65.9 Å². The first kappa shape index (κ1) is 16.3. The standard InChI is InChI=1S/C12H14I2N6O/c1-3-10-17-19-12(20(10)15)18-16-6-7-4-8(13)5-9(14)11(7)21-2/h4-6H,3,15H2,1-2H3,(H,18,19)/b16-6+. The highest BCUT2D eigenvalue weighted by Crippen LogP contribution is 2.26. The van der Waals surface area contributed by atoms with Gasteiger partial charge in [-0.15, -0.1) is 10.2 Å². The number of hydrogen-bond donors (Lipinski definition) is 2. The number of benzene rings is 1. The first-order valence-electron chi connectivity index (χ1n) is 6.08. The lowest BCUT2D eigenvalue weighted by Crippen LogP contribution is -2.15. The third-order valence-corrected chi connectivity index (χ3v) is 4.12. The summed E-state index contributed by atoms with van der Waals surface area (Å²) < 4.78 is 8.91. The molecular weight excluding hydrogens is 498 g/mol. The maximum absolute atomic E-state index is 5.83. The van der Waals surface area contributed by atoms with Crippen LogP contribution in [0, 0.1) is 7.14 Å². The number of halogens is 2. The fraction of sp³-hybridized carbons (Fsp3) is 0.250. The first-order chi connectivity index (χ1) is 10.1. The molecule has 0 saturated heterocycles. The van der Waals surface area contributed by atoms with Crippen molar-refractivity contribution in [2.75, 3.05) is 18.4 Å². The summed E-state index contributed by atoms with van der Waals surface area (Å²) in [6, 6.07) is 4.02. The van der Waals surface area contributed by atoms with E-state index < -0.39 is 0 Å². The number of anilines is 1. The molecule has 2 aromatic rings. The Hall–Kier alpha value is -1.11. The number of aromatic nitrogens is 3. The number of nitrogens with two attached hydrogens (primary N) is 1. The van der Waals surface area contributed by atoms with Crippen LogP contribution in [0.15, 0.2) is 17.2 Å². The summed E-state index contributed by atoms with van der Waals surface area (Å²) in [6.07, 6.45) is 2.38. The van der Waals surface area contributed by atoms with Crippen molar-refractivity contribution in [3.05, 3.63) is 30.7 Å². The zero-order valence-corrected chi connectivity index (χ0v) is 15.8. The third kappa shape index (κ3) is 3.75. The molecule has 0 amide bonds. The summed E-state index contributed by atoms with van der Waals surface area (Å²) >= 11 is 4.48. The first-order valence-corrected chi connectivity index (χ1v) is 8.24. The second kappa shape index (κ2) is 7.24. The second-order valence-corrected chi connectivity index (χ2v) is 6.45. The van der Waals surface area contributed by atoms with Crippen molar-refractivity contribution >= 4 is 57.3 Å². The molecule has 0 fully saturated rings. The zero-order chi connectivity index (χ0) is 15.4. The van der Waals surface area contributed by atoms with Crippen LogP contribution in [0.2, 0.25) is 0 Å². The molecule has 2 rings (SSSR count). The molecule has 7 nitrogen and oxygen atoms in total. The van der Waals surface area contributed by atoms with E-state index in [1.165, 1.54) is 4.68 Å². The Morgan fingerprint density at radius 1 is 1.43 bits per heavy atom.